The van der Waals surface area contributed by atoms with Crippen molar-refractivity contribution in [3.8, 4) is 5.75 Å². The molecule has 1 aliphatic rings. The maximum Gasteiger partial charge on any atom is 0.180 e. The normalized spacial score (nSPS) is 22.3. The lowest BCUT2D eigenvalue weighted by molar-refractivity contribution is 0.0848. The van der Waals surface area contributed by atoms with Gasteiger partial charge in [-0.25, -0.2) is 0 Å². The molecular weight excluding hydrogens is 262 g/mol. The van der Waals surface area contributed by atoms with Gasteiger partial charge in [-0.1, -0.05) is 31.9 Å². The molecule has 2 rings (SSSR count). The molecule has 1 fully saturated rings. The van der Waals surface area contributed by atoms with Gasteiger partial charge in [-0.2, -0.15) is 0 Å². The molecule has 0 bridgehead atoms. The standard InChI is InChI=1S/C18H27NO2/c1-4-21-18-12-8-6-10-15(18)17(20)13-19(3)16-11-7-5-9-14(16)2/h6,8,10,12,14,16H,4-5,7,9,11,13H2,1-3H3. The molecule has 0 aromatic heterocycles. The summed E-state index contributed by atoms with van der Waals surface area (Å²) in [7, 11) is 2.08. The predicted octanol–water partition coefficient (Wildman–Crippen LogP) is 3.78. The summed E-state index contributed by atoms with van der Waals surface area (Å²) in [5.41, 5.74) is 0.703. The summed E-state index contributed by atoms with van der Waals surface area (Å²) in [4.78, 5) is 14.8. The minimum Gasteiger partial charge on any atom is -0.493 e. The molecule has 1 aromatic rings. The Morgan fingerprint density at radius 3 is 2.71 bits per heavy atom. The molecule has 0 N–H and O–H groups in total. The SMILES string of the molecule is CCOc1ccccc1C(=O)CN(C)C1CCCCC1C. The Morgan fingerprint density at radius 2 is 2.00 bits per heavy atom. The number of para-hydroxylation sites is 1. The Hall–Kier alpha value is -1.35. The Balaban J connectivity index is 2.03. The van der Waals surface area contributed by atoms with Crippen molar-refractivity contribution in [1.29, 1.82) is 0 Å². The molecule has 0 amide bonds. The van der Waals surface area contributed by atoms with Crippen LogP contribution in [-0.2, 0) is 0 Å². The second-order valence-electron chi connectivity index (χ2n) is 6.10. The summed E-state index contributed by atoms with van der Waals surface area (Å²) in [5.74, 6) is 1.54. The van der Waals surface area contributed by atoms with Crippen LogP contribution in [0.2, 0.25) is 0 Å². The highest BCUT2D eigenvalue weighted by molar-refractivity contribution is 6.00. The van der Waals surface area contributed by atoms with Crippen LogP contribution in [0.25, 0.3) is 0 Å². The van der Waals surface area contributed by atoms with Crippen molar-refractivity contribution < 1.29 is 9.53 Å². The van der Waals surface area contributed by atoms with Crippen LogP contribution >= 0.6 is 0 Å². The maximum absolute atomic E-state index is 12.6. The molecule has 2 atom stereocenters. The van der Waals surface area contributed by atoms with Gasteiger partial charge in [-0.15, -0.1) is 0 Å². The Labute approximate surface area is 128 Å². The fourth-order valence-electron chi connectivity index (χ4n) is 3.36. The van der Waals surface area contributed by atoms with Gasteiger partial charge in [-0.3, -0.25) is 9.69 Å². The zero-order valence-electron chi connectivity index (χ0n) is 13.5. The number of carbonyl (C=O) groups is 1. The van der Waals surface area contributed by atoms with Crippen LogP contribution in [0.4, 0.5) is 0 Å². The van der Waals surface area contributed by atoms with E-state index in [0.717, 1.165) is 0 Å². The zero-order chi connectivity index (χ0) is 15.2. The first kappa shape index (κ1) is 16.0. The molecule has 1 aromatic carbocycles. The van der Waals surface area contributed by atoms with E-state index in [0.29, 0.717) is 36.4 Å². The van der Waals surface area contributed by atoms with Crippen LogP contribution in [0.1, 0.15) is 49.9 Å². The summed E-state index contributed by atoms with van der Waals surface area (Å²) in [6.07, 6.45) is 5.09. The van der Waals surface area contributed by atoms with Crippen molar-refractivity contribution in [2.45, 2.75) is 45.6 Å². The zero-order valence-corrected chi connectivity index (χ0v) is 13.5. The number of hydrogen-bond donors (Lipinski definition) is 0. The smallest absolute Gasteiger partial charge is 0.180 e. The largest absolute Gasteiger partial charge is 0.493 e. The topological polar surface area (TPSA) is 29.5 Å². The number of Topliss-reactive ketones (excluding diaryl/α,β-unsaturated/α-hetero) is 1. The summed E-state index contributed by atoms with van der Waals surface area (Å²) in [6.45, 7) is 5.30. The molecule has 1 aliphatic carbocycles. The third kappa shape index (κ3) is 4.07. The number of ether oxygens (including phenoxy) is 1. The summed E-state index contributed by atoms with van der Waals surface area (Å²) in [5, 5.41) is 0. The fourth-order valence-corrected chi connectivity index (χ4v) is 3.36. The molecule has 0 saturated heterocycles. The van der Waals surface area contributed by atoms with Crippen molar-refractivity contribution in [3.05, 3.63) is 29.8 Å². The molecule has 0 spiro atoms. The Morgan fingerprint density at radius 1 is 1.29 bits per heavy atom. The third-order valence-corrected chi connectivity index (χ3v) is 4.51. The molecule has 116 valence electrons. The van der Waals surface area contributed by atoms with Gasteiger partial charge in [0.25, 0.3) is 0 Å². The van der Waals surface area contributed by atoms with Crippen LogP contribution in [-0.4, -0.2) is 36.9 Å². The van der Waals surface area contributed by atoms with Crippen molar-refractivity contribution in [3.63, 3.8) is 0 Å². The predicted molar refractivity (Wildman–Crippen MR) is 86.0 cm³/mol. The molecule has 21 heavy (non-hydrogen) atoms. The molecule has 3 heteroatoms. The number of benzene rings is 1. The van der Waals surface area contributed by atoms with Crippen LogP contribution in [0, 0.1) is 5.92 Å². The third-order valence-electron chi connectivity index (χ3n) is 4.51. The van der Waals surface area contributed by atoms with Crippen LogP contribution in [0.15, 0.2) is 24.3 Å². The first-order valence-electron chi connectivity index (χ1n) is 8.08. The minimum absolute atomic E-state index is 0.152. The lowest BCUT2D eigenvalue weighted by Gasteiger charge is -2.36. The number of nitrogens with zero attached hydrogens (tertiary/aromatic N) is 1. The maximum atomic E-state index is 12.6. The quantitative estimate of drug-likeness (QED) is 0.746. The van der Waals surface area contributed by atoms with E-state index in [9.17, 15) is 4.79 Å². The highest BCUT2D eigenvalue weighted by atomic mass is 16.5. The Kier molecular flexibility index (Phi) is 5.80. The van der Waals surface area contributed by atoms with Crippen LogP contribution < -0.4 is 4.74 Å². The van der Waals surface area contributed by atoms with Crippen LogP contribution in [0.5, 0.6) is 5.75 Å². The van der Waals surface area contributed by atoms with E-state index < -0.39 is 0 Å². The van der Waals surface area contributed by atoms with E-state index in [-0.39, 0.29) is 5.78 Å². The van der Waals surface area contributed by atoms with Gasteiger partial charge in [0.2, 0.25) is 0 Å². The van der Waals surface area contributed by atoms with Crippen molar-refractivity contribution >= 4 is 5.78 Å². The minimum atomic E-state index is 0.152. The fraction of sp³-hybridized carbons (Fsp3) is 0.611. The summed E-state index contributed by atoms with van der Waals surface area (Å²) >= 11 is 0. The molecule has 0 heterocycles. The number of rotatable bonds is 6. The first-order valence-corrected chi connectivity index (χ1v) is 8.08. The van der Waals surface area contributed by atoms with Gasteiger partial charge >= 0.3 is 0 Å². The second kappa shape index (κ2) is 7.60. The van der Waals surface area contributed by atoms with Crippen molar-refractivity contribution in [2.24, 2.45) is 5.92 Å². The van der Waals surface area contributed by atoms with Gasteiger partial charge in [0.05, 0.1) is 18.7 Å². The van der Waals surface area contributed by atoms with Gasteiger partial charge in [0.15, 0.2) is 5.78 Å². The van der Waals surface area contributed by atoms with Crippen molar-refractivity contribution in [2.75, 3.05) is 20.2 Å². The van der Waals surface area contributed by atoms with Gasteiger partial charge < -0.3 is 4.74 Å². The highest BCUT2D eigenvalue weighted by Gasteiger charge is 2.26. The van der Waals surface area contributed by atoms with E-state index in [1.54, 1.807) is 0 Å². The second-order valence-corrected chi connectivity index (χ2v) is 6.10. The molecule has 1 saturated carbocycles. The van der Waals surface area contributed by atoms with E-state index in [1.165, 1.54) is 25.7 Å². The van der Waals surface area contributed by atoms with Gasteiger partial charge in [0, 0.05) is 6.04 Å². The number of likely N-dealkylation sites (N-methyl/N-ethyl adjacent to an activating group) is 1. The number of ketones is 1. The molecule has 2 unspecified atom stereocenters. The average molecular weight is 289 g/mol. The van der Waals surface area contributed by atoms with E-state index >= 15 is 0 Å². The molecule has 3 nitrogen and oxygen atoms in total. The monoisotopic (exact) mass is 289 g/mol. The van der Waals surface area contributed by atoms with Crippen molar-refractivity contribution in [1.82, 2.24) is 4.90 Å². The van der Waals surface area contributed by atoms with Gasteiger partial charge in [-0.05, 0) is 44.9 Å². The van der Waals surface area contributed by atoms with E-state index in [4.69, 9.17) is 4.74 Å². The van der Waals surface area contributed by atoms with E-state index in [2.05, 4.69) is 18.9 Å². The number of hydrogen-bond acceptors (Lipinski definition) is 3. The average Bonchev–Trinajstić information content (AvgIpc) is 2.48. The summed E-state index contributed by atoms with van der Waals surface area (Å²) in [6, 6.07) is 8.08. The van der Waals surface area contributed by atoms with E-state index in [1.807, 2.05) is 31.2 Å². The number of carbonyl (C=O) groups excluding carboxylic acids is 1. The summed E-state index contributed by atoms with van der Waals surface area (Å²) < 4.78 is 5.57. The lowest BCUT2D eigenvalue weighted by atomic mass is 9.85. The molecule has 0 radical (unpaired) electrons. The molecule has 0 aliphatic heterocycles. The Bertz CT molecular complexity index is 472. The van der Waals surface area contributed by atoms with Crippen LogP contribution in [0.3, 0.4) is 0 Å². The van der Waals surface area contributed by atoms with Gasteiger partial charge in [0.1, 0.15) is 5.75 Å². The lowest BCUT2D eigenvalue weighted by Crippen LogP contribution is -2.41. The first-order chi connectivity index (χ1) is 10.1. The molecular formula is C18H27NO2. The highest BCUT2D eigenvalue weighted by Crippen LogP contribution is 2.28.